The fourth-order valence-electron chi connectivity index (χ4n) is 3.91. The molecule has 0 aliphatic rings. The van der Waals surface area contributed by atoms with Crippen LogP contribution in [0.4, 0.5) is 0 Å². The van der Waals surface area contributed by atoms with Gasteiger partial charge in [0.25, 0.3) is 0 Å². The molecule has 4 nitrogen and oxygen atoms in total. The summed E-state index contributed by atoms with van der Waals surface area (Å²) in [5, 5.41) is 18.8. The van der Waals surface area contributed by atoms with E-state index in [4.69, 9.17) is 0 Å². The van der Waals surface area contributed by atoms with Crippen LogP contribution in [0.1, 0.15) is 131 Å². The van der Waals surface area contributed by atoms with Gasteiger partial charge in [-0.1, -0.05) is 104 Å². The summed E-state index contributed by atoms with van der Waals surface area (Å²) in [7, 11) is 0. The molecular formula is C24H47KO4. The minimum absolute atomic E-state index is 0. The first kappa shape index (κ1) is 31.8. The molecule has 2 N–H and O–H groups in total. The van der Waals surface area contributed by atoms with Crippen molar-refractivity contribution >= 4 is 11.9 Å². The topological polar surface area (TPSA) is 74.6 Å². The van der Waals surface area contributed by atoms with Crippen LogP contribution in [0.3, 0.4) is 0 Å². The van der Waals surface area contributed by atoms with Gasteiger partial charge in [-0.3, -0.25) is 9.59 Å². The van der Waals surface area contributed by atoms with Crippen molar-refractivity contribution in [1.29, 1.82) is 0 Å². The van der Waals surface area contributed by atoms with Gasteiger partial charge >= 0.3 is 63.3 Å². The van der Waals surface area contributed by atoms with Crippen LogP contribution < -0.4 is 51.4 Å². The number of hydrogen-bond acceptors (Lipinski definition) is 2. The number of carboxylic acids is 2. The van der Waals surface area contributed by atoms with E-state index in [2.05, 4.69) is 13.8 Å². The van der Waals surface area contributed by atoms with Gasteiger partial charge in [0, 0.05) is 0 Å². The summed E-state index contributed by atoms with van der Waals surface area (Å²) >= 11 is 0. The van der Waals surface area contributed by atoms with Crippen LogP contribution in [0.15, 0.2) is 0 Å². The van der Waals surface area contributed by atoms with Gasteiger partial charge in [-0.25, -0.2) is 0 Å². The van der Waals surface area contributed by atoms with E-state index in [-0.39, 0.29) is 64.6 Å². The van der Waals surface area contributed by atoms with Crippen molar-refractivity contribution in [3.05, 3.63) is 0 Å². The van der Waals surface area contributed by atoms with Gasteiger partial charge in [-0.15, -0.1) is 0 Å². The first-order valence-electron chi connectivity index (χ1n) is 12.0. The molecule has 5 heteroatoms. The van der Waals surface area contributed by atoms with Gasteiger partial charge in [-0.05, 0) is 25.7 Å². The number of aliphatic carboxylic acids is 2. The van der Waals surface area contributed by atoms with Gasteiger partial charge in [-0.2, -0.15) is 0 Å². The van der Waals surface area contributed by atoms with Crippen molar-refractivity contribution in [2.24, 2.45) is 11.8 Å². The molecule has 2 atom stereocenters. The summed E-state index contributed by atoms with van der Waals surface area (Å²) in [6.07, 6.45) is 18.7. The molecule has 0 fully saturated rings. The van der Waals surface area contributed by atoms with E-state index in [0.29, 0.717) is 12.8 Å². The Hall–Kier alpha value is 0.576. The molecule has 0 radical (unpaired) electrons. The summed E-state index contributed by atoms with van der Waals surface area (Å²) in [6, 6.07) is 0. The Kier molecular flexibility index (Phi) is 25.5. The molecule has 0 rings (SSSR count). The van der Waals surface area contributed by atoms with E-state index in [1.807, 2.05) is 0 Å². The Labute approximate surface area is 223 Å². The molecule has 0 aliphatic carbocycles. The zero-order valence-corrected chi connectivity index (χ0v) is 22.7. The summed E-state index contributed by atoms with van der Waals surface area (Å²) in [5.74, 6) is -1.88. The third-order valence-electron chi connectivity index (χ3n) is 5.87. The van der Waals surface area contributed by atoms with Crippen LogP contribution in [0.5, 0.6) is 0 Å². The number of carboxylic acid groups (broad SMARTS) is 2. The summed E-state index contributed by atoms with van der Waals surface area (Å²) in [5.41, 5.74) is 0. The number of unbranched alkanes of at least 4 members (excludes halogenated alkanes) is 11. The van der Waals surface area contributed by atoms with Gasteiger partial charge in [0.15, 0.2) is 0 Å². The van der Waals surface area contributed by atoms with E-state index in [0.717, 1.165) is 51.4 Å². The Morgan fingerprint density at radius 1 is 0.552 bits per heavy atom. The normalized spacial score (nSPS) is 12.9. The molecule has 2 unspecified atom stereocenters. The number of rotatable bonds is 21. The van der Waals surface area contributed by atoms with Gasteiger partial charge in [0.1, 0.15) is 0 Å². The fraction of sp³-hybridized carbons (Fsp3) is 0.917. The number of hydrogen-bond donors (Lipinski definition) is 2. The molecular weight excluding hydrogens is 391 g/mol. The summed E-state index contributed by atoms with van der Waals surface area (Å²) in [6.45, 7) is 4.39. The van der Waals surface area contributed by atoms with Crippen LogP contribution in [-0.4, -0.2) is 22.2 Å². The fourth-order valence-corrected chi connectivity index (χ4v) is 3.91. The maximum absolute atomic E-state index is 11.5. The van der Waals surface area contributed by atoms with Crippen molar-refractivity contribution in [3.8, 4) is 0 Å². The van der Waals surface area contributed by atoms with E-state index in [9.17, 15) is 19.8 Å². The van der Waals surface area contributed by atoms with Crippen molar-refractivity contribution < 1.29 is 72.6 Å². The largest absolute Gasteiger partial charge is 1.00 e. The average molecular weight is 439 g/mol. The predicted octanol–water partition coefficient (Wildman–Crippen LogP) is 4.57. The average Bonchev–Trinajstić information content (AvgIpc) is 2.66. The van der Waals surface area contributed by atoms with E-state index in [1.165, 1.54) is 51.4 Å². The molecule has 0 bridgehead atoms. The third kappa shape index (κ3) is 20.2. The molecule has 0 spiro atoms. The molecule has 0 amide bonds. The van der Waals surface area contributed by atoms with E-state index < -0.39 is 11.9 Å². The summed E-state index contributed by atoms with van der Waals surface area (Å²) in [4.78, 5) is 22.9. The second kappa shape index (κ2) is 23.2. The Morgan fingerprint density at radius 2 is 0.793 bits per heavy atom. The van der Waals surface area contributed by atoms with Crippen molar-refractivity contribution in [2.45, 2.75) is 129 Å². The van der Waals surface area contributed by atoms with Crippen LogP contribution in [0.2, 0.25) is 0 Å². The zero-order chi connectivity index (χ0) is 21.0. The van der Waals surface area contributed by atoms with Crippen LogP contribution in [-0.2, 0) is 9.59 Å². The Morgan fingerprint density at radius 3 is 1.07 bits per heavy atom. The first-order valence-corrected chi connectivity index (χ1v) is 12.0. The number of carbonyl (C=O) groups is 2. The molecule has 0 saturated carbocycles. The summed E-state index contributed by atoms with van der Waals surface area (Å²) < 4.78 is 0. The molecule has 29 heavy (non-hydrogen) atoms. The maximum Gasteiger partial charge on any atom is 1.00 e. The Balaban J connectivity index is -0.00000364. The minimum Gasteiger partial charge on any atom is -1.00 e. The molecule has 0 heterocycles. The molecule has 0 aromatic carbocycles. The minimum atomic E-state index is -0.685. The monoisotopic (exact) mass is 438 g/mol. The second-order valence-electron chi connectivity index (χ2n) is 8.47. The zero-order valence-electron chi connectivity index (χ0n) is 20.6. The molecule has 0 aliphatic heterocycles. The smallest absolute Gasteiger partial charge is 1.00 e. The molecule has 0 aromatic heterocycles. The van der Waals surface area contributed by atoms with E-state index in [1.54, 1.807) is 0 Å². The molecule has 0 saturated heterocycles. The SMILES string of the molecule is CCCCCCCCC(CCCCC(CCCCCCCC)C(=O)O)C(=O)O.[H-].[K+]. The van der Waals surface area contributed by atoms with Crippen LogP contribution >= 0.6 is 0 Å². The first-order chi connectivity index (χ1) is 13.5. The predicted molar refractivity (Wildman–Crippen MR) is 118 cm³/mol. The quantitative estimate of drug-likeness (QED) is 0.203. The van der Waals surface area contributed by atoms with E-state index >= 15 is 0 Å². The molecule has 168 valence electrons. The maximum atomic E-state index is 11.5. The molecule has 0 aromatic rings. The van der Waals surface area contributed by atoms with Crippen LogP contribution in [0.25, 0.3) is 0 Å². The van der Waals surface area contributed by atoms with Crippen LogP contribution in [0, 0.1) is 11.8 Å². The Bertz CT molecular complexity index is 357. The van der Waals surface area contributed by atoms with Crippen molar-refractivity contribution in [3.63, 3.8) is 0 Å². The van der Waals surface area contributed by atoms with Crippen molar-refractivity contribution in [1.82, 2.24) is 0 Å². The van der Waals surface area contributed by atoms with Gasteiger partial charge in [0.2, 0.25) is 0 Å². The van der Waals surface area contributed by atoms with Gasteiger partial charge < -0.3 is 11.6 Å². The second-order valence-corrected chi connectivity index (χ2v) is 8.47. The third-order valence-corrected chi connectivity index (χ3v) is 5.87. The standard InChI is InChI=1S/C24H46O4.K.H/c1-3-5-7-9-11-13-17-21(23(25)26)19-15-16-20-22(24(27)28)18-14-12-10-8-6-4-2;;/h21-22H,3-20H2,1-2H3,(H,25,26)(H,27,28);;/q;+1;-1. The van der Waals surface area contributed by atoms with Gasteiger partial charge in [0.05, 0.1) is 11.8 Å². The van der Waals surface area contributed by atoms with Crippen molar-refractivity contribution in [2.75, 3.05) is 0 Å².